The maximum absolute atomic E-state index is 11.0. The molecule has 2 heterocycles. The van der Waals surface area contributed by atoms with Gasteiger partial charge in [0.2, 0.25) is 5.88 Å². The Kier molecular flexibility index (Phi) is 3.49. The van der Waals surface area contributed by atoms with Gasteiger partial charge in [0.05, 0.1) is 11.9 Å². The molecular formula is C11H9ClN2O3S. The maximum atomic E-state index is 11.0. The van der Waals surface area contributed by atoms with Crippen molar-refractivity contribution in [1.82, 2.24) is 9.97 Å². The van der Waals surface area contributed by atoms with E-state index < -0.39 is 9.05 Å². The Morgan fingerprint density at radius 3 is 2.56 bits per heavy atom. The van der Waals surface area contributed by atoms with E-state index in [4.69, 9.17) is 15.4 Å². The van der Waals surface area contributed by atoms with E-state index in [-0.39, 0.29) is 10.8 Å². The highest BCUT2D eigenvalue weighted by Gasteiger charge is 2.10. The maximum Gasteiger partial charge on any atom is 0.262 e. The van der Waals surface area contributed by atoms with Gasteiger partial charge in [-0.25, -0.2) is 13.4 Å². The number of hydrogen-bond acceptors (Lipinski definition) is 5. The SMILES string of the molecule is Cc1ncccc1Oc1ccc(S(=O)(=O)Cl)cn1. The van der Waals surface area contributed by atoms with E-state index in [2.05, 4.69) is 9.97 Å². The fourth-order valence-electron chi connectivity index (χ4n) is 1.26. The average molecular weight is 285 g/mol. The molecule has 0 aliphatic carbocycles. The molecule has 0 atom stereocenters. The molecule has 0 fully saturated rings. The summed E-state index contributed by atoms with van der Waals surface area (Å²) in [6.07, 6.45) is 2.79. The van der Waals surface area contributed by atoms with Crippen LogP contribution in [0.4, 0.5) is 0 Å². The predicted molar refractivity (Wildman–Crippen MR) is 66.3 cm³/mol. The molecule has 0 saturated carbocycles. The molecule has 5 nitrogen and oxygen atoms in total. The van der Waals surface area contributed by atoms with E-state index in [1.165, 1.54) is 12.1 Å². The highest BCUT2D eigenvalue weighted by molar-refractivity contribution is 8.13. The molecule has 0 bridgehead atoms. The van der Waals surface area contributed by atoms with Crippen LogP contribution in [-0.4, -0.2) is 18.4 Å². The van der Waals surface area contributed by atoms with Crippen LogP contribution in [0.15, 0.2) is 41.6 Å². The molecule has 0 spiro atoms. The van der Waals surface area contributed by atoms with Crippen LogP contribution in [0.5, 0.6) is 11.6 Å². The van der Waals surface area contributed by atoms with E-state index in [0.717, 1.165) is 6.20 Å². The predicted octanol–water partition coefficient (Wildman–Crippen LogP) is 2.50. The summed E-state index contributed by atoms with van der Waals surface area (Å²) in [4.78, 5) is 7.86. The lowest BCUT2D eigenvalue weighted by molar-refractivity contribution is 0.455. The van der Waals surface area contributed by atoms with E-state index in [1.54, 1.807) is 25.3 Å². The number of hydrogen-bond donors (Lipinski definition) is 0. The van der Waals surface area contributed by atoms with Gasteiger partial charge in [-0.1, -0.05) is 0 Å². The molecule has 0 aliphatic heterocycles. The minimum absolute atomic E-state index is 0.0700. The van der Waals surface area contributed by atoms with Crippen molar-refractivity contribution in [2.45, 2.75) is 11.8 Å². The lowest BCUT2D eigenvalue weighted by atomic mass is 10.3. The van der Waals surface area contributed by atoms with Gasteiger partial charge in [0, 0.05) is 22.9 Å². The average Bonchev–Trinajstić information content (AvgIpc) is 2.32. The van der Waals surface area contributed by atoms with E-state index >= 15 is 0 Å². The van der Waals surface area contributed by atoms with Crippen molar-refractivity contribution in [2.24, 2.45) is 0 Å². The third-order valence-electron chi connectivity index (χ3n) is 2.16. The van der Waals surface area contributed by atoms with Crippen LogP contribution < -0.4 is 4.74 Å². The van der Waals surface area contributed by atoms with Gasteiger partial charge < -0.3 is 4.74 Å². The Hall–Kier alpha value is -1.66. The fraction of sp³-hybridized carbons (Fsp3) is 0.0909. The van der Waals surface area contributed by atoms with Crippen LogP contribution in [0.25, 0.3) is 0 Å². The second kappa shape index (κ2) is 4.91. The Morgan fingerprint density at radius 1 is 1.22 bits per heavy atom. The highest BCUT2D eigenvalue weighted by atomic mass is 35.7. The Labute approximate surface area is 109 Å². The number of nitrogens with zero attached hydrogens (tertiary/aromatic N) is 2. The summed E-state index contributed by atoms with van der Waals surface area (Å²) in [5.74, 6) is 0.835. The summed E-state index contributed by atoms with van der Waals surface area (Å²) in [7, 11) is 1.42. The van der Waals surface area contributed by atoms with Crippen LogP contribution >= 0.6 is 10.7 Å². The second-order valence-electron chi connectivity index (χ2n) is 3.46. The normalized spacial score (nSPS) is 11.2. The third-order valence-corrected chi connectivity index (χ3v) is 3.50. The van der Waals surface area contributed by atoms with Gasteiger partial charge >= 0.3 is 0 Å². The molecule has 0 aliphatic rings. The summed E-state index contributed by atoms with van der Waals surface area (Å²) in [5, 5.41) is 0. The lowest BCUT2D eigenvalue weighted by Crippen LogP contribution is -1.95. The molecule has 2 aromatic heterocycles. The van der Waals surface area contributed by atoms with E-state index in [1.807, 2.05) is 0 Å². The number of ether oxygens (including phenoxy) is 1. The molecule has 18 heavy (non-hydrogen) atoms. The van der Waals surface area contributed by atoms with Crippen molar-refractivity contribution in [3.8, 4) is 11.6 Å². The highest BCUT2D eigenvalue weighted by Crippen LogP contribution is 2.23. The van der Waals surface area contributed by atoms with Crippen molar-refractivity contribution >= 4 is 19.7 Å². The minimum atomic E-state index is -3.76. The molecule has 94 valence electrons. The van der Waals surface area contributed by atoms with E-state index in [0.29, 0.717) is 11.4 Å². The first-order valence-electron chi connectivity index (χ1n) is 4.97. The third kappa shape index (κ3) is 2.96. The second-order valence-corrected chi connectivity index (χ2v) is 6.02. The molecule has 0 radical (unpaired) electrons. The minimum Gasteiger partial charge on any atom is -0.437 e. The van der Waals surface area contributed by atoms with Gasteiger partial charge in [-0.05, 0) is 25.1 Å². The van der Waals surface area contributed by atoms with Crippen molar-refractivity contribution in [2.75, 3.05) is 0 Å². The molecule has 2 rings (SSSR count). The summed E-state index contributed by atoms with van der Waals surface area (Å²) in [6, 6.07) is 6.24. The Morgan fingerprint density at radius 2 is 2.00 bits per heavy atom. The fourth-order valence-corrected chi connectivity index (χ4v) is 1.94. The summed E-state index contributed by atoms with van der Waals surface area (Å²) in [6.45, 7) is 1.80. The van der Waals surface area contributed by atoms with Gasteiger partial charge in [-0.2, -0.15) is 0 Å². The van der Waals surface area contributed by atoms with Crippen LogP contribution in [-0.2, 0) is 9.05 Å². The Bertz CT molecular complexity index is 656. The van der Waals surface area contributed by atoms with Crippen LogP contribution in [0, 0.1) is 6.92 Å². The molecule has 0 N–H and O–H groups in total. The summed E-state index contributed by atoms with van der Waals surface area (Å²) < 4.78 is 27.5. The molecule has 0 amide bonds. The lowest BCUT2D eigenvalue weighted by Gasteiger charge is -2.06. The standard InChI is InChI=1S/C11H9ClN2O3S/c1-8-10(3-2-6-13-8)17-11-5-4-9(7-14-11)18(12,15)16/h2-7H,1H3. The zero-order chi connectivity index (χ0) is 13.2. The molecule has 2 aromatic rings. The smallest absolute Gasteiger partial charge is 0.262 e. The Balaban J connectivity index is 2.24. The van der Waals surface area contributed by atoms with Gasteiger partial charge in [0.25, 0.3) is 9.05 Å². The first-order chi connectivity index (χ1) is 8.47. The monoisotopic (exact) mass is 284 g/mol. The molecule has 7 heteroatoms. The van der Waals surface area contributed by atoms with Gasteiger partial charge in [0.1, 0.15) is 4.90 Å². The van der Waals surface area contributed by atoms with Crippen LogP contribution in [0.1, 0.15) is 5.69 Å². The first kappa shape index (κ1) is 12.8. The number of rotatable bonds is 3. The molecule has 0 aromatic carbocycles. The number of halogens is 1. The van der Waals surface area contributed by atoms with Crippen molar-refractivity contribution in [3.05, 3.63) is 42.4 Å². The van der Waals surface area contributed by atoms with Crippen molar-refractivity contribution in [3.63, 3.8) is 0 Å². The molecule has 0 unspecified atom stereocenters. The quantitative estimate of drug-likeness (QED) is 0.810. The first-order valence-corrected chi connectivity index (χ1v) is 7.28. The topological polar surface area (TPSA) is 69.2 Å². The molecular weight excluding hydrogens is 276 g/mol. The van der Waals surface area contributed by atoms with Gasteiger partial charge in [0.15, 0.2) is 5.75 Å². The number of pyridine rings is 2. The number of aromatic nitrogens is 2. The van der Waals surface area contributed by atoms with E-state index in [9.17, 15) is 8.42 Å². The summed E-state index contributed by atoms with van der Waals surface area (Å²) >= 11 is 0. The van der Waals surface area contributed by atoms with Crippen molar-refractivity contribution < 1.29 is 13.2 Å². The van der Waals surface area contributed by atoms with Crippen LogP contribution in [0.2, 0.25) is 0 Å². The summed E-state index contributed by atoms with van der Waals surface area (Å²) in [5.41, 5.74) is 0.716. The van der Waals surface area contributed by atoms with Gasteiger partial charge in [-0.15, -0.1) is 0 Å². The zero-order valence-electron chi connectivity index (χ0n) is 9.37. The molecule has 0 saturated heterocycles. The van der Waals surface area contributed by atoms with Crippen LogP contribution in [0.3, 0.4) is 0 Å². The number of aryl methyl sites for hydroxylation is 1. The van der Waals surface area contributed by atoms with Crippen molar-refractivity contribution in [1.29, 1.82) is 0 Å². The van der Waals surface area contributed by atoms with Gasteiger partial charge in [-0.3, -0.25) is 4.98 Å². The zero-order valence-corrected chi connectivity index (χ0v) is 10.9. The largest absolute Gasteiger partial charge is 0.437 e.